The Kier molecular flexibility index (Phi) is 4.36. The topological polar surface area (TPSA) is 30.5 Å². The van der Waals surface area contributed by atoms with Crippen LogP contribution in [0.2, 0.25) is 0 Å². The van der Waals surface area contributed by atoms with Crippen molar-refractivity contribution in [3.05, 3.63) is 59.4 Å². The molecule has 0 aromatic heterocycles. The van der Waals surface area contributed by atoms with Crippen LogP contribution in [0, 0.1) is 5.82 Å². The average molecular weight is 287 g/mol. The maximum absolute atomic E-state index is 13.5. The quantitative estimate of drug-likeness (QED) is 0.858. The van der Waals surface area contributed by atoms with Crippen molar-refractivity contribution in [1.82, 2.24) is 5.32 Å². The van der Waals surface area contributed by atoms with Crippen molar-refractivity contribution >= 4 is 0 Å². The van der Waals surface area contributed by atoms with Crippen LogP contribution in [0.5, 0.6) is 11.5 Å². The number of ether oxygens (including phenoxy) is 2. The molecule has 0 unspecified atom stereocenters. The fraction of sp³-hybridized carbons (Fsp3) is 0.294. The Morgan fingerprint density at radius 1 is 1.00 bits per heavy atom. The maximum Gasteiger partial charge on any atom is 0.161 e. The second-order valence-electron chi connectivity index (χ2n) is 5.00. The molecule has 0 spiro atoms. The van der Waals surface area contributed by atoms with Gasteiger partial charge < -0.3 is 14.8 Å². The van der Waals surface area contributed by atoms with Gasteiger partial charge in [0, 0.05) is 6.54 Å². The minimum atomic E-state index is -0.140. The van der Waals surface area contributed by atoms with Crippen molar-refractivity contribution in [3.63, 3.8) is 0 Å². The zero-order valence-electron chi connectivity index (χ0n) is 11.8. The van der Waals surface area contributed by atoms with Crippen LogP contribution < -0.4 is 14.8 Å². The van der Waals surface area contributed by atoms with Crippen LogP contribution in [-0.2, 0) is 13.0 Å². The van der Waals surface area contributed by atoms with Crippen LogP contribution >= 0.6 is 0 Å². The van der Waals surface area contributed by atoms with Gasteiger partial charge in [-0.25, -0.2) is 4.39 Å². The minimum Gasteiger partial charge on any atom is -0.486 e. The zero-order valence-corrected chi connectivity index (χ0v) is 11.8. The van der Waals surface area contributed by atoms with E-state index in [0.29, 0.717) is 19.6 Å². The predicted octanol–water partition coefficient (Wildman–Crippen LogP) is 2.93. The SMILES string of the molecule is Fc1ccccc1CCNCc1ccc2c(c1)OCCO2. The van der Waals surface area contributed by atoms with E-state index in [-0.39, 0.29) is 5.82 Å². The summed E-state index contributed by atoms with van der Waals surface area (Å²) < 4.78 is 24.5. The number of hydrogen-bond donors (Lipinski definition) is 1. The predicted molar refractivity (Wildman–Crippen MR) is 79.2 cm³/mol. The van der Waals surface area contributed by atoms with Crippen molar-refractivity contribution < 1.29 is 13.9 Å². The molecule has 21 heavy (non-hydrogen) atoms. The standard InChI is InChI=1S/C17H18FNO2/c18-15-4-2-1-3-14(15)7-8-19-12-13-5-6-16-17(11-13)21-10-9-20-16/h1-6,11,19H,7-10,12H2. The summed E-state index contributed by atoms with van der Waals surface area (Å²) in [6.45, 7) is 2.66. The van der Waals surface area contributed by atoms with Gasteiger partial charge in [-0.1, -0.05) is 24.3 Å². The summed E-state index contributed by atoms with van der Waals surface area (Å²) in [7, 11) is 0. The first-order valence-corrected chi connectivity index (χ1v) is 7.15. The fourth-order valence-corrected chi connectivity index (χ4v) is 2.35. The summed E-state index contributed by atoms with van der Waals surface area (Å²) >= 11 is 0. The molecule has 0 aliphatic carbocycles. The van der Waals surface area contributed by atoms with Gasteiger partial charge in [0.2, 0.25) is 0 Å². The van der Waals surface area contributed by atoms with Crippen LogP contribution in [0.4, 0.5) is 4.39 Å². The molecule has 0 saturated carbocycles. The molecule has 2 aromatic rings. The Labute approximate surface area is 123 Å². The molecule has 0 amide bonds. The second kappa shape index (κ2) is 6.59. The molecule has 0 atom stereocenters. The van der Waals surface area contributed by atoms with E-state index in [4.69, 9.17) is 9.47 Å². The van der Waals surface area contributed by atoms with Gasteiger partial charge in [0.1, 0.15) is 19.0 Å². The van der Waals surface area contributed by atoms with Gasteiger partial charge in [0.05, 0.1) is 0 Å². The summed E-state index contributed by atoms with van der Waals surface area (Å²) in [5, 5.41) is 3.32. The first-order chi connectivity index (χ1) is 10.3. The molecule has 1 aliphatic rings. The van der Waals surface area contributed by atoms with E-state index in [1.165, 1.54) is 6.07 Å². The number of hydrogen-bond acceptors (Lipinski definition) is 3. The zero-order chi connectivity index (χ0) is 14.5. The van der Waals surface area contributed by atoms with Gasteiger partial charge in [0.25, 0.3) is 0 Å². The largest absolute Gasteiger partial charge is 0.486 e. The summed E-state index contributed by atoms with van der Waals surface area (Å²) in [5.41, 5.74) is 1.87. The first-order valence-electron chi connectivity index (χ1n) is 7.15. The van der Waals surface area contributed by atoms with Crippen LogP contribution in [0.3, 0.4) is 0 Å². The molecule has 0 saturated heterocycles. The van der Waals surface area contributed by atoms with E-state index in [1.807, 2.05) is 30.3 Å². The third-order valence-corrected chi connectivity index (χ3v) is 3.46. The van der Waals surface area contributed by atoms with Crippen molar-refractivity contribution in [2.45, 2.75) is 13.0 Å². The molecule has 110 valence electrons. The van der Waals surface area contributed by atoms with Gasteiger partial charge >= 0.3 is 0 Å². The average Bonchev–Trinajstić information content (AvgIpc) is 2.53. The highest BCUT2D eigenvalue weighted by molar-refractivity contribution is 5.43. The van der Waals surface area contributed by atoms with E-state index < -0.39 is 0 Å². The monoisotopic (exact) mass is 287 g/mol. The number of nitrogens with one attached hydrogen (secondary N) is 1. The summed E-state index contributed by atoms with van der Waals surface area (Å²) in [5.74, 6) is 1.46. The van der Waals surface area contributed by atoms with Crippen LogP contribution in [-0.4, -0.2) is 19.8 Å². The lowest BCUT2D eigenvalue weighted by molar-refractivity contribution is 0.171. The molecule has 4 heteroatoms. The highest BCUT2D eigenvalue weighted by atomic mass is 19.1. The highest BCUT2D eigenvalue weighted by Crippen LogP contribution is 2.30. The van der Waals surface area contributed by atoms with Gasteiger partial charge in [-0.05, 0) is 42.3 Å². The van der Waals surface area contributed by atoms with Gasteiger partial charge in [0.15, 0.2) is 11.5 Å². The summed E-state index contributed by atoms with van der Waals surface area (Å²) in [6.07, 6.45) is 0.678. The van der Waals surface area contributed by atoms with Crippen molar-refractivity contribution in [2.75, 3.05) is 19.8 Å². The smallest absolute Gasteiger partial charge is 0.161 e. The molecule has 0 fully saturated rings. The number of benzene rings is 2. The van der Waals surface area contributed by atoms with Crippen molar-refractivity contribution in [1.29, 1.82) is 0 Å². The van der Waals surface area contributed by atoms with Crippen LogP contribution in [0.15, 0.2) is 42.5 Å². The molecule has 3 nitrogen and oxygen atoms in total. The van der Waals surface area contributed by atoms with Crippen LogP contribution in [0.25, 0.3) is 0 Å². The molecule has 3 rings (SSSR count). The van der Waals surface area contributed by atoms with E-state index >= 15 is 0 Å². The lowest BCUT2D eigenvalue weighted by Gasteiger charge is -2.19. The Morgan fingerprint density at radius 3 is 2.67 bits per heavy atom. The molecule has 2 aromatic carbocycles. The Balaban J connectivity index is 1.50. The second-order valence-corrected chi connectivity index (χ2v) is 5.00. The van der Waals surface area contributed by atoms with Gasteiger partial charge in [-0.15, -0.1) is 0 Å². The Morgan fingerprint density at radius 2 is 1.81 bits per heavy atom. The molecular formula is C17H18FNO2. The molecule has 0 bridgehead atoms. The molecule has 1 aliphatic heterocycles. The lowest BCUT2D eigenvalue weighted by atomic mass is 10.1. The van der Waals surface area contributed by atoms with E-state index in [2.05, 4.69) is 5.32 Å². The van der Waals surface area contributed by atoms with E-state index in [1.54, 1.807) is 6.07 Å². The number of halogens is 1. The first kappa shape index (κ1) is 13.9. The highest BCUT2D eigenvalue weighted by Gasteiger charge is 2.11. The van der Waals surface area contributed by atoms with E-state index in [9.17, 15) is 4.39 Å². The third kappa shape index (κ3) is 3.52. The van der Waals surface area contributed by atoms with Gasteiger partial charge in [-0.3, -0.25) is 0 Å². The molecular weight excluding hydrogens is 269 g/mol. The normalized spacial score (nSPS) is 13.2. The van der Waals surface area contributed by atoms with Gasteiger partial charge in [-0.2, -0.15) is 0 Å². The Hall–Kier alpha value is -2.07. The third-order valence-electron chi connectivity index (χ3n) is 3.46. The lowest BCUT2D eigenvalue weighted by Crippen LogP contribution is -2.18. The van der Waals surface area contributed by atoms with Crippen LogP contribution in [0.1, 0.15) is 11.1 Å². The minimum absolute atomic E-state index is 0.140. The van der Waals surface area contributed by atoms with Crippen molar-refractivity contribution in [2.24, 2.45) is 0 Å². The fourth-order valence-electron chi connectivity index (χ4n) is 2.35. The summed E-state index contributed by atoms with van der Waals surface area (Å²) in [6, 6.07) is 12.8. The summed E-state index contributed by atoms with van der Waals surface area (Å²) in [4.78, 5) is 0. The molecule has 0 radical (unpaired) electrons. The molecule has 1 N–H and O–H groups in total. The van der Waals surface area contributed by atoms with E-state index in [0.717, 1.165) is 35.7 Å². The Bertz CT molecular complexity index is 615. The number of fused-ring (bicyclic) bond motifs is 1. The molecule has 1 heterocycles. The maximum atomic E-state index is 13.5. The van der Waals surface area contributed by atoms with Crippen molar-refractivity contribution in [3.8, 4) is 11.5 Å². The number of rotatable bonds is 5.